The Labute approximate surface area is 118 Å². The third-order valence-corrected chi connectivity index (χ3v) is 4.59. The van der Waals surface area contributed by atoms with E-state index in [2.05, 4.69) is 46.8 Å². The minimum atomic E-state index is 0. The monoisotopic (exact) mass is 282 g/mol. The number of rotatable bonds is 2. The highest BCUT2D eigenvalue weighted by Crippen LogP contribution is 2.27. The Morgan fingerprint density at radius 1 is 1.39 bits per heavy atom. The molecule has 0 aliphatic carbocycles. The summed E-state index contributed by atoms with van der Waals surface area (Å²) in [5.41, 5.74) is 1.49. The first-order chi connectivity index (χ1) is 8.34. The molecule has 1 aromatic heterocycles. The molecule has 0 bridgehead atoms. The minimum absolute atomic E-state index is 0. The predicted octanol–water partition coefficient (Wildman–Crippen LogP) is 3.12. The highest BCUT2D eigenvalue weighted by Gasteiger charge is 2.18. The molecule has 0 saturated carbocycles. The van der Waals surface area contributed by atoms with Gasteiger partial charge in [-0.2, -0.15) is 0 Å². The first-order valence-electron chi connectivity index (χ1n) is 6.24. The maximum atomic E-state index is 3.44. The van der Waals surface area contributed by atoms with Gasteiger partial charge in [0.2, 0.25) is 0 Å². The van der Waals surface area contributed by atoms with Gasteiger partial charge in [0.05, 0.1) is 0 Å². The summed E-state index contributed by atoms with van der Waals surface area (Å²) in [4.78, 5) is 2.57. The second-order valence-corrected chi connectivity index (χ2v) is 5.69. The number of fused-ring (bicyclic) bond motifs is 1. The smallest absolute Gasteiger partial charge is 0.0346 e. The van der Waals surface area contributed by atoms with Crippen LogP contribution in [0.5, 0.6) is 0 Å². The Bertz CT molecular complexity index is 511. The van der Waals surface area contributed by atoms with Gasteiger partial charge in [0.1, 0.15) is 0 Å². The van der Waals surface area contributed by atoms with Gasteiger partial charge in [0.15, 0.2) is 0 Å². The van der Waals surface area contributed by atoms with Gasteiger partial charge in [0.25, 0.3) is 0 Å². The molecule has 1 saturated heterocycles. The highest BCUT2D eigenvalue weighted by atomic mass is 35.5. The molecule has 18 heavy (non-hydrogen) atoms. The van der Waals surface area contributed by atoms with Crippen molar-refractivity contribution in [2.24, 2.45) is 0 Å². The maximum Gasteiger partial charge on any atom is 0.0346 e. The highest BCUT2D eigenvalue weighted by molar-refractivity contribution is 7.17. The molecule has 1 atom stereocenters. The molecule has 1 unspecified atom stereocenters. The summed E-state index contributed by atoms with van der Waals surface area (Å²) in [7, 11) is 0. The molecule has 1 fully saturated rings. The number of nitrogens with one attached hydrogen (secondary N) is 1. The number of hydrogen-bond donors (Lipinski definition) is 1. The van der Waals surface area contributed by atoms with Crippen molar-refractivity contribution in [1.29, 1.82) is 0 Å². The molecular weight excluding hydrogens is 264 g/mol. The molecule has 1 aliphatic heterocycles. The zero-order chi connectivity index (χ0) is 11.7. The van der Waals surface area contributed by atoms with E-state index >= 15 is 0 Å². The van der Waals surface area contributed by atoms with Crippen molar-refractivity contribution in [2.75, 3.05) is 19.6 Å². The third-order valence-electron chi connectivity index (χ3n) is 3.57. The number of benzene rings is 1. The first-order valence-corrected chi connectivity index (χ1v) is 7.12. The summed E-state index contributed by atoms with van der Waals surface area (Å²) in [5.74, 6) is 0. The molecule has 0 spiro atoms. The van der Waals surface area contributed by atoms with Gasteiger partial charge in [-0.05, 0) is 29.3 Å². The first kappa shape index (κ1) is 13.8. The second kappa shape index (κ2) is 6.02. The minimum Gasteiger partial charge on any atom is -0.314 e. The van der Waals surface area contributed by atoms with E-state index in [0.29, 0.717) is 6.04 Å². The van der Waals surface area contributed by atoms with Crippen molar-refractivity contribution < 1.29 is 0 Å². The SMILES string of the molecule is CC1CNCCN1Cc1csc2ccccc12.Cl. The zero-order valence-corrected chi connectivity index (χ0v) is 12.2. The van der Waals surface area contributed by atoms with E-state index in [1.165, 1.54) is 15.6 Å². The average Bonchev–Trinajstić information content (AvgIpc) is 2.76. The topological polar surface area (TPSA) is 15.3 Å². The third kappa shape index (κ3) is 2.69. The zero-order valence-electron chi connectivity index (χ0n) is 10.6. The van der Waals surface area contributed by atoms with Gasteiger partial charge in [0, 0.05) is 36.9 Å². The fourth-order valence-corrected chi connectivity index (χ4v) is 3.45. The van der Waals surface area contributed by atoms with Crippen LogP contribution < -0.4 is 5.32 Å². The molecule has 0 radical (unpaired) electrons. The van der Waals surface area contributed by atoms with Crippen LogP contribution in [-0.4, -0.2) is 30.6 Å². The lowest BCUT2D eigenvalue weighted by molar-refractivity contribution is 0.166. The van der Waals surface area contributed by atoms with Crippen LogP contribution in [0.25, 0.3) is 10.1 Å². The van der Waals surface area contributed by atoms with Crippen molar-refractivity contribution in [2.45, 2.75) is 19.5 Å². The molecule has 2 nitrogen and oxygen atoms in total. The average molecular weight is 283 g/mol. The fraction of sp³-hybridized carbons (Fsp3) is 0.429. The van der Waals surface area contributed by atoms with Gasteiger partial charge < -0.3 is 5.32 Å². The van der Waals surface area contributed by atoms with E-state index in [1.54, 1.807) is 0 Å². The van der Waals surface area contributed by atoms with Crippen LogP contribution in [0.1, 0.15) is 12.5 Å². The number of hydrogen-bond acceptors (Lipinski definition) is 3. The van der Waals surface area contributed by atoms with Gasteiger partial charge in [-0.3, -0.25) is 4.90 Å². The fourth-order valence-electron chi connectivity index (χ4n) is 2.49. The van der Waals surface area contributed by atoms with E-state index in [4.69, 9.17) is 0 Å². The largest absolute Gasteiger partial charge is 0.314 e. The Balaban J connectivity index is 0.00000120. The van der Waals surface area contributed by atoms with E-state index in [-0.39, 0.29) is 12.4 Å². The normalized spacial score (nSPS) is 20.8. The summed E-state index contributed by atoms with van der Waals surface area (Å²) in [5, 5.41) is 7.19. The molecule has 98 valence electrons. The summed E-state index contributed by atoms with van der Waals surface area (Å²) in [6, 6.07) is 9.36. The van der Waals surface area contributed by atoms with Crippen molar-refractivity contribution in [3.8, 4) is 0 Å². The lowest BCUT2D eigenvalue weighted by atomic mass is 10.1. The van der Waals surface area contributed by atoms with Crippen LogP contribution in [0.3, 0.4) is 0 Å². The molecule has 2 heterocycles. The number of halogens is 1. The lowest BCUT2D eigenvalue weighted by Crippen LogP contribution is -2.49. The Hall–Kier alpha value is -0.610. The summed E-state index contributed by atoms with van der Waals surface area (Å²) in [6.45, 7) is 6.79. The van der Waals surface area contributed by atoms with E-state index in [9.17, 15) is 0 Å². The van der Waals surface area contributed by atoms with E-state index in [0.717, 1.165) is 26.2 Å². The standard InChI is InChI=1S/C14H18N2S.ClH/c1-11-8-15-6-7-16(11)9-12-10-17-14-5-3-2-4-13(12)14;/h2-5,10-11,15H,6-9H2,1H3;1H. The predicted molar refractivity (Wildman–Crippen MR) is 81.8 cm³/mol. The quantitative estimate of drug-likeness (QED) is 0.910. The Kier molecular flexibility index (Phi) is 4.62. The summed E-state index contributed by atoms with van der Waals surface area (Å²) < 4.78 is 1.41. The van der Waals surface area contributed by atoms with Crippen molar-refractivity contribution >= 4 is 33.8 Å². The van der Waals surface area contributed by atoms with Crippen LogP contribution in [-0.2, 0) is 6.54 Å². The van der Waals surface area contributed by atoms with Crippen molar-refractivity contribution in [3.63, 3.8) is 0 Å². The van der Waals surface area contributed by atoms with Gasteiger partial charge in [-0.1, -0.05) is 18.2 Å². The second-order valence-electron chi connectivity index (χ2n) is 4.78. The molecule has 1 N–H and O–H groups in total. The van der Waals surface area contributed by atoms with Crippen molar-refractivity contribution in [3.05, 3.63) is 35.2 Å². The van der Waals surface area contributed by atoms with Crippen LogP contribution in [0, 0.1) is 0 Å². The van der Waals surface area contributed by atoms with E-state index in [1.807, 2.05) is 11.3 Å². The molecule has 2 aromatic rings. The van der Waals surface area contributed by atoms with E-state index < -0.39 is 0 Å². The van der Waals surface area contributed by atoms with Crippen molar-refractivity contribution in [1.82, 2.24) is 10.2 Å². The Morgan fingerprint density at radius 2 is 2.22 bits per heavy atom. The molecule has 3 rings (SSSR count). The van der Waals surface area contributed by atoms with Crippen LogP contribution in [0.4, 0.5) is 0 Å². The van der Waals surface area contributed by atoms with Crippen LogP contribution in [0.2, 0.25) is 0 Å². The maximum absolute atomic E-state index is 3.44. The Morgan fingerprint density at radius 3 is 3.06 bits per heavy atom. The van der Waals surface area contributed by atoms with Gasteiger partial charge in [-0.15, -0.1) is 23.7 Å². The summed E-state index contributed by atoms with van der Waals surface area (Å²) >= 11 is 1.86. The number of nitrogens with zero attached hydrogens (tertiary/aromatic N) is 1. The number of piperazine rings is 1. The molecular formula is C14H19ClN2S. The number of thiophene rings is 1. The van der Waals surface area contributed by atoms with Crippen LogP contribution >= 0.6 is 23.7 Å². The molecule has 0 amide bonds. The molecule has 1 aliphatic rings. The van der Waals surface area contributed by atoms with Crippen LogP contribution in [0.15, 0.2) is 29.6 Å². The lowest BCUT2D eigenvalue weighted by Gasteiger charge is -2.33. The molecule has 1 aromatic carbocycles. The van der Waals surface area contributed by atoms with Gasteiger partial charge in [-0.25, -0.2) is 0 Å². The summed E-state index contributed by atoms with van der Waals surface area (Å²) in [6.07, 6.45) is 0. The van der Waals surface area contributed by atoms with Gasteiger partial charge >= 0.3 is 0 Å². The molecule has 4 heteroatoms.